The molecule has 0 N–H and O–H groups in total. The molecule has 0 amide bonds. The van der Waals surface area contributed by atoms with E-state index in [-0.39, 0.29) is 0 Å². The van der Waals surface area contributed by atoms with Crippen molar-refractivity contribution in [2.45, 2.75) is 18.9 Å². The molecule has 0 aliphatic carbocycles. The van der Waals surface area contributed by atoms with Gasteiger partial charge in [-0.2, -0.15) is 0 Å². The van der Waals surface area contributed by atoms with Gasteiger partial charge in [-0.15, -0.1) is 0 Å². The summed E-state index contributed by atoms with van der Waals surface area (Å²) in [5, 5.41) is 0. The van der Waals surface area contributed by atoms with Crippen molar-refractivity contribution in [3.63, 3.8) is 0 Å². The van der Waals surface area contributed by atoms with E-state index < -0.39 is 0 Å². The number of rotatable bonds is 3. The molecule has 13 heavy (non-hydrogen) atoms. The number of nitrogens with zero attached hydrogens (tertiary/aromatic N) is 1. The number of para-hydroxylation sites is 1. The summed E-state index contributed by atoms with van der Waals surface area (Å²) >= 11 is 0. The molecule has 1 aromatic rings. The van der Waals surface area contributed by atoms with Gasteiger partial charge in [0.2, 0.25) is 0 Å². The van der Waals surface area contributed by atoms with Crippen LogP contribution in [-0.2, 0) is 0 Å². The molecule has 0 bridgehead atoms. The molecule has 0 fully saturated rings. The molecule has 0 saturated carbocycles. The van der Waals surface area contributed by atoms with E-state index in [1.54, 1.807) is 0 Å². The van der Waals surface area contributed by atoms with E-state index >= 15 is 0 Å². The van der Waals surface area contributed by atoms with Crippen molar-refractivity contribution in [3.8, 4) is 0 Å². The van der Waals surface area contributed by atoms with Crippen molar-refractivity contribution in [2.75, 3.05) is 19.0 Å². The van der Waals surface area contributed by atoms with Gasteiger partial charge in [0, 0.05) is 30.0 Å². The Bertz CT molecular complexity index is 271. The highest BCUT2D eigenvalue weighted by Crippen LogP contribution is 2.25. The highest BCUT2D eigenvalue weighted by molar-refractivity contribution is 6.12. The molecule has 69 valence electrons. The molecule has 0 spiro atoms. The van der Waals surface area contributed by atoms with E-state index in [4.69, 9.17) is 0 Å². The Balaban J connectivity index is 3.04. The summed E-state index contributed by atoms with van der Waals surface area (Å²) in [6, 6.07) is 8.49. The fraction of sp³-hybridized carbons (Fsp3) is 0.455. The lowest BCUT2D eigenvalue weighted by molar-refractivity contribution is 0.875. The van der Waals surface area contributed by atoms with Gasteiger partial charge in [-0.05, 0) is 17.2 Å². The summed E-state index contributed by atoms with van der Waals surface area (Å²) in [6.45, 7) is 2.18. The maximum Gasteiger partial charge on any atom is 0.0393 e. The molecule has 2 heteroatoms. The topological polar surface area (TPSA) is 3.24 Å². The average Bonchev–Trinajstić information content (AvgIpc) is 2.16. The minimum absolute atomic E-state index is 0.457. The van der Waals surface area contributed by atoms with Gasteiger partial charge in [-0.3, -0.25) is 0 Å². The SMILES string of the molecule is CCC([Si])c1ccccc1N(C)C. The molecule has 1 nitrogen and oxygen atoms in total. The average molecular weight is 190 g/mol. The van der Waals surface area contributed by atoms with Crippen molar-refractivity contribution in [3.05, 3.63) is 29.8 Å². The predicted octanol–water partition coefficient (Wildman–Crippen LogP) is 2.37. The van der Waals surface area contributed by atoms with Gasteiger partial charge in [0.05, 0.1) is 0 Å². The highest BCUT2D eigenvalue weighted by atomic mass is 28.1. The summed E-state index contributed by atoms with van der Waals surface area (Å²) in [5.74, 6) is 0. The summed E-state index contributed by atoms with van der Waals surface area (Å²) in [6.07, 6.45) is 1.11. The molecule has 0 heterocycles. The quantitative estimate of drug-likeness (QED) is 0.661. The number of benzene rings is 1. The predicted molar refractivity (Wildman–Crippen MR) is 59.6 cm³/mol. The van der Waals surface area contributed by atoms with Crippen LogP contribution in [0.2, 0.25) is 0 Å². The van der Waals surface area contributed by atoms with Crippen LogP contribution in [0, 0.1) is 0 Å². The lowest BCUT2D eigenvalue weighted by Gasteiger charge is -2.20. The molecule has 0 aliphatic heterocycles. The fourth-order valence-electron chi connectivity index (χ4n) is 1.41. The Morgan fingerprint density at radius 2 is 1.92 bits per heavy atom. The van der Waals surface area contributed by atoms with Crippen LogP contribution in [0.1, 0.15) is 24.4 Å². The molecule has 0 aliphatic rings. The third kappa shape index (κ3) is 2.34. The third-order valence-electron chi connectivity index (χ3n) is 2.20. The van der Waals surface area contributed by atoms with Crippen molar-refractivity contribution >= 4 is 15.9 Å². The van der Waals surface area contributed by atoms with E-state index in [2.05, 4.69) is 60.4 Å². The molecule has 1 atom stereocenters. The van der Waals surface area contributed by atoms with Crippen LogP contribution in [0.15, 0.2) is 24.3 Å². The van der Waals surface area contributed by atoms with E-state index in [9.17, 15) is 0 Å². The van der Waals surface area contributed by atoms with Crippen LogP contribution in [0.3, 0.4) is 0 Å². The second-order valence-electron chi connectivity index (χ2n) is 3.41. The van der Waals surface area contributed by atoms with Crippen molar-refractivity contribution in [1.29, 1.82) is 0 Å². The number of hydrogen-bond acceptors (Lipinski definition) is 1. The zero-order valence-electron chi connectivity index (χ0n) is 8.54. The molecule has 0 saturated heterocycles. The van der Waals surface area contributed by atoms with Crippen LogP contribution >= 0.6 is 0 Å². The molecule has 0 aromatic heterocycles. The normalized spacial score (nSPS) is 12.6. The van der Waals surface area contributed by atoms with Crippen LogP contribution in [0.25, 0.3) is 0 Å². The van der Waals surface area contributed by atoms with Gasteiger partial charge >= 0.3 is 0 Å². The Morgan fingerprint density at radius 1 is 1.31 bits per heavy atom. The second-order valence-corrected chi connectivity index (χ2v) is 4.11. The summed E-state index contributed by atoms with van der Waals surface area (Å²) < 4.78 is 0. The lowest BCUT2D eigenvalue weighted by atomic mass is 10.1. The Hall–Kier alpha value is -0.763. The van der Waals surface area contributed by atoms with Crippen LogP contribution in [0.4, 0.5) is 5.69 Å². The van der Waals surface area contributed by atoms with Crippen molar-refractivity contribution < 1.29 is 0 Å². The number of hydrogen-bond donors (Lipinski definition) is 0. The standard InChI is InChI=1S/C11H16NSi/c1-4-11(13)9-7-5-6-8-10(9)12(2)3/h5-8,11H,4H2,1-3H3. The summed E-state index contributed by atoms with van der Waals surface area (Å²) in [5.41, 5.74) is 3.12. The van der Waals surface area contributed by atoms with E-state index in [1.165, 1.54) is 11.3 Å². The molecular formula is C11H16NSi. The lowest BCUT2D eigenvalue weighted by Crippen LogP contribution is -2.12. The van der Waals surface area contributed by atoms with Gasteiger partial charge in [-0.1, -0.05) is 31.5 Å². The summed E-state index contributed by atoms with van der Waals surface area (Å²) in [4.78, 5) is 2.15. The first kappa shape index (κ1) is 10.3. The zero-order valence-corrected chi connectivity index (χ0v) is 9.54. The van der Waals surface area contributed by atoms with Crippen LogP contribution in [-0.4, -0.2) is 24.3 Å². The molecule has 1 aromatic carbocycles. The first-order chi connectivity index (χ1) is 6.16. The molecular weight excluding hydrogens is 174 g/mol. The van der Waals surface area contributed by atoms with Gasteiger partial charge in [-0.25, -0.2) is 0 Å². The van der Waals surface area contributed by atoms with E-state index in [1.807, 2.05) is 0 Å². The van der Waals surface area contributed by atoms with Crippen LogP contribution in [0.5, 0.6) is 0 Å². The van der Waals surface area contributed by atoms with E-state index in [0.717, 1.165) is 6.42 Å². The number of anilines is 1. The smallest absolute Gasteiger partial charge is 0.0393 e. The maximum atomic E-state index is 3.73. The fourth-order valence-corrected chi connectivity index (χ4v) is 1.65. The molecule has 3 radical (unpaired) electrons. The monoisotopic (exact) mass is 190 g/mol. The van der Waals surface area contributed by atoms with Crippen LogP contribution < -0.4 is 4.90 Å². The Morgan fingerprint density at radius 3 is 2.46 bits per heavy atom. The Kier molecular flexibility index (Phi) is 3.55. The summed E-state index contributed by atoms with van der Waals surface area (Å²) in [7, 11) is 7.88. The largest absolute Gasteiger partial charge is 0.377 e. The van der Waals surface area contributed by atoms with Gasteiger partial charge < -0.3 is 4.90 Å². The Labute approximate surface area is 84.2 Å². The van der Waals surface area contributed by atoms with Gasteiger partial charge in [0.25, 0.3) is 0 Å². The molecule has 1 rings (SSSR count). The second kappa shape index (κ2) is 4.47. The third-order valence-corrected chi connectivity index (χ3v) is 2.92. The van der Waals surface area contributed by atoms with E-state index in [0.29, 0.717) is 5.54 Å². The first-order valence-corrected chi connectivity index (χ1v) is 5.22. The minimum atomic E-state index is 0.457. The van der Waals surface area contributed by atoms with Gasteiger partial charge in [0.1, 0.15) is 0 Å². The van der Waals surface area contributed by atoms with Gasteiger partial charge in [0.15, 0.2) is 0 Å². The maximum absolute atomic E-state index is 3.73. The zero-order chi connectivity index (χ0) is 9.84. The minimum Gasteiger partial charge on any atom is -0.377 e. The molecule has 1 unspecified atom stereocenters. The highest BCUT2D eigenvalue weighted by Gasteiger charge is 2.08. The first-order valence-electron chi connectivity index (χ1n) is 4.64. The van der Waals surface area contributed by atoms with Crippen molar-refractivity contribution in [2.24, 2.45) is 0 Å². The van der Waals surface area contributed by atoms with Crippen molar-refractivity contribution in [1.82, 2.24) is 0 Å².